The van der Waals surface area contributed by atoms with Crippen LogP contribution >= 0.6 is 31.9 Å². The van der Waals surface area contributed by atoms with Crippen LogP contribution in [0.2, 0.25) is 0 Å². The van der Waals surface area contributed by atoms with Gasteiger partial charge in [0, 0.05) is 8.95 Å². The SMILES string of the molecule is CC1(NC(=O)c2ccc(Br)cc2Br)C=CC=CC1C(=O)O. The number of benzene rings is 1. The van der Waals surface area contributed by atoms with E-state index in [0.29, 0.717) is 10.0 Å². The van der Waals surface area contributed by atoms with Gasteiger partial charge in [-0.15, -0.1) is 0 Å². The van der Waals surface area contributed by atoms with Crippen molar-refractivity contribution in [2.24, 2.45) is 5.92 Å². The van der Waals surface area contributed by atoms with E-state index in [-0.39, 0.29) is 5.91 Å². The van der Waals surface area contributed by atoms with Crippen LogP contribution in [0.15, 0.2) is 51.4 Å². The summed E-state index contributed by atoms with van der Waals surface area (Å²) in [5.74, 6) is -2.11. The predicted octanol–water partition coefficient (Wildman–Crippen LogP) is 3.53. The Morgan fingerprint density at radius 2 is 2.00 bits per heavy atom. The van der Waals surface area contributed by atoms with Crippen molar-refractivity contribution in [3.05, 3.63) is 57.0 Å². The molecular formula is C15H13Br2NO3. The first-order chi connectivity index (χ1) is 9.83. The van der Waals surface area contributed by atoms with Crippen LogP contribution in [0.25, 0.3) is 0 Å². The molecule has 21 heavy (non-hydrogen) atoms. The number of carbonyl (C=O) groups excluding carboxylic acids is 1. The van der Waals surface area contributed by atoms with Crippen molar-refractivity contribution in [1.29, 1.82) is 0 Å². The molecule has 2 atom stereocenters. The average molecular weight is 415 g/mol. The van der Waals surface area contributed by atoms with Crippen LogP contribution in [0, 0.1) is 5.92 Å². The number of hydrogen-bond donors (Lipinski definition) is 2. The minimum atomic E-state index is -0.978. The molecule has 1 aliphatic carbocycles. The van der Waals surface area contributed by atoms with E-state index in [1.807, 2.05) is 0 Å². The third-order valence-electron chi connectivity index (χ3n) is 3.33. The molecule has 110 valence electrons. The van der Waals surface area contributed by atoms with Gasteiger partial charge < -0.3 is 10.4 Å². The Hall–Kier alpha value is -1.40. The molecule has 1 aromatic carbocycles. The van der Waals surface area contributed by atoms with Crippen molar-refractivity contribution in [3.63, 3.8) is 0 Å². The van der Waals surface area contributed by atoms with Crippen LogP contribution in [0.1, 0.15) is 17.3 Å². The Labute approximate surface area is 139 Å². The summed E-state index contributed by atoms with van der Waals surface area (Å²) in [6.07, 6.45) is 6.66. The Kier molecular flexibility index (Phi) is 4.68. The molecule has 2 unspecified atom stereocenters. The number of nitrogens with one attached hydrogen (secondary N) is 1. The van der Waals surface area contributed by atoms with Crippen LogP contribution < -0.4 is 5.32 Å². The number of carbonyl (C=O) groups is 2. The monoisotopic (exact) mass is 413 g/mol. The van der Waals surface area contributed by atoms with E-state index in [4.69, 9.17) is 0 Å². The number of rotatable bonds is 3. The van der Waals surface area contributed by atoms with Crippen LogP contribution in [0.5, 0.6) is 0 Å². The molecule has 0 saturated heterocycles. The maximum atomic E-state index is 12.4. The lowest BCUT2D eigenvalue weighted by Gasteiger charge is -2.33. The maximum Gasteiger partial charge on any atom is 0.313 e. The van der Waals surface area contributed by atoms with Crippen molar-refractivity contribution >= 4 is 43.7 Å². The highest BCUT2D eigenvalue weighted by atomic mass is 79.9. The number of allylic oxidation sites excluding steroid dienone is 2. The topological polar surface area (TPSA) is 66.4 Å². The minimum absolute atomic E-state index is 0.330. The van der Waals surface area contributed by atoms with Crippen LogP contribution in [-0.2, 0) is 4.79 Å². The minimum Gasteiger partial charge on any atom is -0.481 e. The fourth-order valence-corrected chi connectivity index (χ4v) is 3.41. The molecule has 0 bridgehead atoms. The molecule has 2 N–H and O–H groups in total. The molecule has 1 aliphatic rings. The van der Waals surface area contributed by atoms with Gasteiger partial charge in [-0.05, 0) is 41.1 Å². The molecule has 0 aromatic heterocycles. The second-order valence-electron chi connectivity index (χ2n) is 4.92. The Bertz CT molecular complexity index is 654. The van der Waals surface area contributed by atoms with Crippen molar-refractivity contribution in [2.45, 2.75) is 12.5 Å². The smallest absolute Gasteiger partial charge is 0.313 e. The van der Waals surface area contributed by atoms with Gasteiger partial charge in [0.2, 0.25) is 0 Å². The summed E-state index contributed by atoms with van der Waals surface area (Å²) in [5, 5.41) is 12.1. The molecule has 1 amide bonds. The van der Waals surface area contributed by atoms with Crippen molar-refractivity contribution in [3.8, 4) is 0 Å². The van der Waals surface area contributed by atoms with E-state index in [1.165, 1.54) is 0 Å². The summed E-state index contributed by atoms with van der Waals surface area (Å²) < 4.78 is 1.49. The Morgan fingerprint density at radius 3 is 2.62 bits per heavy atom. The van der Waals surface area contributed by atoms with Gasteiger partial charge in [-0.2, -0.15) is 0 Å². The highest BCUT2D eigenvalue weighted by Crippen LogP contribution is 2.27. The number of carboxylic acids is 1. The van der Waals surface area contributed by atoms with E-state index < -0.39 is 17.4 Å². The first-order valence-corrected chi connectivity index (χ1v) is 7.78. The van der Waals surface area contributed by atoms with E-state index >= 15 is 0 Å². The molecule has 0 radical (unpaired) electrons. The average Bonchev–Trinajstić information content (AvgIpc) is 2.37. The zero-order valence-corrected chi connectivity index (χ0v) is 14.3. The number of aliphatic carboxylic acids is 1. The summed E-state index contributed by atoms with van der Waals surface area (Å²) >= 11 is 6.66. The molecular weight excluding hydrogens is 402 g/mol. The van der Waals surface area contributed by atoms with Gasteiger partial charge >= 0.3 is 5.97 Å². The third kappa shape index (κ3) is 3.44. The lowest BCUT2D eigenvalue weighted by Crippen LogP contribution is -2.52. The second-order valence-corrected chi connectivity index (χ2v) is 6.69. The van der Waals surface area contributed by atoms with Gasteiger partial charge in [0.25, 0.3) is 5.91 Å². The molecule has 0 spiro atoms. The largest absolute Gasteiger partial charge is 0.481 e. The molecule has 6 heteroatoms. The maximum absolute atomic E-state index is 12.4. The van der Waals surface area contributed by atoms with Crippen molar-refractivity contribution in [1.82, 2.24) is 5.32 Å². The number of carboxylic acid groups (broad SMARTS) is 1. The van der Waals surface area contributed by atoms with Crippen molar-refractivity contribution in [2.75, 3.05) is 0 Å². The highest BCUT2D eigenvalue weighted by molar-refractivity contribution is 9.11. The van der Waals surface area contributed by atoms with E-state index in [1.54, 1.807) is 49.4 Å². The zero-order chi connectivity index (χ0) is 15.6. The Balaban J connectivity index is 2.27. The molecule has 0 aliphatic heterocycles. The second kappa shape index (κ2) is 6.15. The molecule has 4 nitrogen and oxygen atoms in total. The zero-order valence-electron chi connectivity index (χ0n) is 11.1. The molecule has 0 saturated carbocycles. The van der Waals surface area contributed by atoms with Gasteiger partial charge in [0.05, 0.1) is 11.1 Å². The van der Waals surface area contributed by atoms with E-state index in [0.717, 1.165) is 4.47 Å². The van der Waals surface area contributed by atoms with Gasteiger partial charge in [-0.3, -0.25) is 9.59 Å². The highest BCUT2D eigenvalue weighted by Gasteiger charge is 2.38. The third-order valence-corrected chi connectivity index (χ3v) is 4.48. The fraction of sp³-hybridized carbons (Fsp3) is 0.200. The normalized spacial score (nSPS) is 23.9. The van der Waals surface area contributed by atoms with Crippen LogP contribution in [0.4, 0.5) is 0 Å². The van der Waals surface area contributed by atoms with Gasteiger partial charge in [0.1, 0.15) is 5.92 Å². The first-order valence-electron chi connectivity index (χ1n) is 6.20. The Morgan fingerprint density at radius 1 is 1.29 bits per heavy atom. The first kappa shape index (κ1) is 16.0. The fourth-order valence-electron chi connectivity index (χ4n) is 2.18. The summed E-state index contributed by atoms with van der Waals surface area (Å²) in [4.78, 5) is 23.8. The number of halogens is 2. The van der Waals surface area contributed by atoms with Gasteiger partial charge in [0.15, 0.2) is 0 Å². The van der Waals surface area contributed by atoms with Crippen LogP contribution in [-0.4, -0.2) is 22.5 Å². The van der Waals surface area contributed by atoms with Gasteiger partial charge in [-0.25, -0.2) is 0 Å². The van der Waals surface area contributed by atoms with Crippen LogP contribution in [0.3, 0.4) is 0 Å². The number of amides is 1. The molecule has 1 aromatic rings. The lowest BCUT2D eigenvalue weighted by molar-refractivity contribution is -0.141. The van der Waals surface area contributed by atoms with Gasteiger partial charge in [-0.1, -0.05) is 40.2 Å². The lowest BCUT2D eigenvalue weighted by atomic mass is 9.82. The number of hydrogen-bond acceptors (Lipinski definition) is 2. The standard InChI is InChI=1S/C15H13Br2NO3/c1-15(7-3-2-4-11(15)14(20)21)18-13(19)10-6-5-9(16)8-12(10)17/h2-8,11H,1H3,(H,18,19)(H,20,21). The quantitative estimate of drug-likeness (QED) is 0.794. The summed E-state index contributed by atoms with van der Waals surface area (Å²) in [6.45, 7) is 1.69. The van der Waals surface area contributed by atoms with E-state index in [9.17, 15) is 14.7 Å². The summed E-state index contributed by atoms with van der Waals surface area (Å²) in [6, 6.07) is 5.20. The summed E-state index contributed by atoms with van der Waals surface area (Å²) in [5.41, 5.74) is -0.518. The van der Waals surface area contributed by atoms with E-state index in [2.05, 4.69) is 37.2 Å². The molecule has 0 heterocycles. The molecule has 2 rings (SSSR count). The predicted molar refractivity (Wildman–Crippen MR) is 87.1 cm³/mol. The molecule has 0 fully saturated rings. The summed E-state index contributed by atoms with van der Waals surface area (Å²) in [7, 11) is 0. The van der Waals surface area contributed by atoms with Crippen molar-refractivity contribution < 1.29 is 14.7 Å².